The summed E-state index contributed by atoms with van der Waals surface area (Å²) in [6.45, 7) is 0.290. The molecular formula is C15H20N2O4. The monoisotopic (exact) mass is 292 g/mol. The molecule has 1 heterocycles. The molecule has 21 heavy (non-hydrogen) atoms. The highest BCUT2D eigenvalue weighted by Gasteiger charge is 2.35. The third-order valence-electron chi connectivity index (χ3n) is 3.92. The summed E-state index contributed by atoms with van der Waals surface area (Å²) >= 11 is 0. The minimum Gasteiger partial charge on any atom is -0.481 e. The number of hydrogen-bond acceptors (Lipinski definition) is 4. The Hall–Kier alpha value is -2.11. The zero-order valence-corrected chi connectivity index (χ0v) is 12.0. The Bertz CT molecular complexity index is 518. The number of amides is 1. The van der Waals surface area contributed by atoms with Crippen LogP contribution < -0.4 is 10.1 Å². The van der Waals surface area contributed by atoms with E-state index < -0.39 is 17.8 Å². The number of carbonyl (C=O) groups excluding carboxylic acids is 1. The number of nitrogens with zero attached hydrogens (tertiary/aromatic N) is 1. The van der Waals surface area contributed by atoms with Crippen molar-refractivity contribution in [1.29, 1.82) is 0 Å². The Morgan fingerprint density at radius 3 is 2.76 bits per heavy atom. The normalized spacial score (nSPS) is 21.6. The lowest BCUT2D eigenvalue weighted by atomic mass is 9.78. The van der Waals surface area contributed by atoms with Gasteiger partial charge in [0.05, 0.1) is 18.9 Å². The molecule has 1 aliphatic rings. The smallest absolute Gasteiger partial charge is 0.307 e. The summed E-state index contributed by atoms with van der Waals surface area (Å²) in [5.41, 5.74) is 0.774. The summed E-state index contributed by atoms with van der Waals surface area (Å²) in [5, 5.41) is 12.0. The fourth-order valence-corrected chi connectivity index (χ4v) is 2.80. The van der Waals surface area contributed by atoms with Crippen molar-refractivity contribution in [2.45, 2.75) is 32.2 Å². The zero-order valence-electron chi connectivity index (χ0n) is 12.0. The molecule has 0 aromatic carbocycles. The van der Waals surface area contributed by atoms with Crippen LogP contribution in [0.15, 0.2) is 18.3 Å². The van der Waals surface area contributed by atoms with Gasteiger partial charge in [0, 0.05) is 18.3 Å². The number of nitrogens with one attached hydrogen (secondary N) is 1. The van der Waals surface area contributed by atoms with Gasteiger partial charge in [0.15, 0.2) is 0 Å². The Labute approximate surface area is 123 Å². The van der Waals surface area contributed by atoms with Crippen molar-refractivity contribution >= 4 is 11.9 Å². The van der Waals surface area contributed by atoms with Gasteiger partial charge in [0.2, 0.25) is 11.8 Å². The van der Waals surface area contributed by atoms with Crippen molar-refractivity contribution in [3.05, 3.63) is 23.9 Å². The highest BCUT2D eigenvalue weighted by molar-refractivity contribution is 5.84. The minimum atomic E-state index is -0.881. The maximum Gasteiger partial charge on any atom is 0.307 e. The van der Waals surface area contributed by atoms with E-state index in [9.17, 15) is 14.7 Å². The Balaban J connectivity index is 1.99. The molecule has 2 atom stereocenters. The first kappa shape index (κ1) is 15.3. The van der Waals surface area contributed by atoms with Crippen molar-refractivity contribution in [2.24, 2.45) is 11.8 Å². The molecule has 1 aromatic heterocycles. The number of ether oxygens (including phenoxy) is 1. The molecule has 1 aliphatic carbocycles. The van der Waals surface area contributed by atoms with Gasteiger partial charge in [0.1, 0.15) is 0 Å². The van der Waals surface area contributed by atoms with Crippen molar-refractivity contribution < 1.29 is 19.4 Å². The second-order valence-electron chi connectivity index (χ2n) is 5.23. The molecule has 6 heteroatoms. The molecular weight excluding hydrogens is 272 g/mol. The molecule has 0 spiro atoms. The summed E-state index contributed by atoms with van der Waals surface area (Å²) in [5.74, 6) is -1.63. The van der Waals surface area contributed by atoms with Crippen LogP contribution in [-0.2, 0) is 16.1 Å². The Kier molecular flexibility index (Phi) is 5.14. The first-order chi connectivity index (χ1) is 10.1. The fourth-order valence-electron chi connectivity index (χ4n) is 2.80. The Morgan fingerprint density at radius 1 is 1.38 bits per heavy atom. The van der Waals surface area contributed by atoms with Crippen LogP contribution in [0.1, 0.15) is 31.2 Å². The first-order valence-electron chi connectivity index (χ1n) is 7.12. The molecule has 1 saturated carbocycles. The van der Waals surface area contributed by atoms with Crippen molar-refractivity contribution in [3.8, 4) is 5.88 Å². The molecule has 1 fully saturated rings. The molecule has 0 radical (unpaired) electrons. The van der Waals surface area contributed by atoms with E-state index in [1.807, 2.05) is 6.07 Å². The fraction of sp³-hybridized carbons (Fsp3) is 0.533. The summed E-state index contributed by atoms with van der Waals surface area (Å²) in [7, 11) is 1.52. The standard InChI is InChI=1S/C15H20N2O4/c1-21-14-10(5-4-8-16-14)9-17-13(18)11-6-2-3-7-12(11)15(19)20/h4-5,8,11-12H,2-3,6-7,9H2,1H3,(H,17,18)(H,19,20). The number of carbonyl (C=O) groups is 2. The number of methoxy groups -OCH3 is 1. The molecule has 114 valence electrons. The number of aliphatic carboxylic acids is 1. The third-order valence-corrected chi connectivity index (χ3v) is 3.92. The number of carboxylic acids is 1. The van der Waals surface area contributed by atoms with E-state index in [0.29, 0.717) is 25.3 Å². The SMILES string of the molecule is COc1ncccc1CNC(=O)C1CCCCC1C(=O)O. The topological polar surface area (TPSA) is 88.5 Å². The second kappa shape index (κ2) is 7.06. The first-order valence-corrected chi connectivity index (χ1v) is 7.12. The van der Waals surface area contributed by atoms with Crippen molar-refractivity contribution in [2.75, 3.05) is 7.11 Å². The Morgan fingerprint density at radius 2 is 2.10 bits per heavy atom. The molecule has 6 nitrogen and oxygen atoms in total. The number of aromatic nitrogens is 1. The highest BCUT2D eigenvalue weighted by Crippen LogP contribution is 2.30. The van der Waals surface area contributed by atoms with Gasteiger partial charge in [-0.3, -0.25) is 9.59 Å². The van der Waals surface area contributed by atoms with Gasteiger partial charge in [0.25, 0.3) is 0 Å². The van der Waals surface area contributed by atoms with E-state index in [-0.39, 0.29) is 5.91 Å². The molecule has 2 rings (SSSR count). The number of rotatable bonds is 5. The molecule has 0 bridgehead atoms. The van der Waals surface area contributed by atoms with Crippen LogP contribution in [0.3, 0.4) is 0 Å². The van der Waals surface area contributed by atoms with Gasteiger partial charge in [-0.25, -0.2) is 4.98 Å². The highest BCUT2D eigenvalue weighted by atomic mass is 16.5. The summed E-state index contributed by atoms with van der Waals surface area (Å²) < 4.78 is 5.13. The number of hydrogen-bond donors (Lipinski definition) is 2. The van der Waals surface area contributed by atoms with Gasteiger partial charge in [-0.05, 0) is 18.9 Å². The maximum absolute atomic E-state index is 12.3. The van der Waals surface area contributed by atoms with Crippen molar-refractivity contribution in [3.63, 3.8) is 0 Å². The molecule has 1 aromatic rings. The zero-order chi connectivity index (χ0) is 15.2. The third kappa shape index (κ3) is 3.71. The molecule has 2 unspecified atom stereocenters. The van der Waals surface area contributed by atoms with Gasteiger partial charge in [-0.2, -0.15) is 0 Å². The molecule has 1 amide bonds. The average Bonchev–Trinajstić information content (AvgIpc) is 2.52. The minimum absolute atomic E-state index is 0.201. The van der Waals surface area contributed by atoms with Gasteiger partial charge in [-0.1, -0.05) is 18.9 Å². The predicted molar refractivity (Wildman–Crippen MR) is 75.7 cm³/mol. The van der Waals surface area contributed by atoms with E-state index in [4.69, 9.17) is 4.74 Å². The predicted octanol–water partition coefficient (Wildman–Crippen LogP) is 1.60. The largest absolute Gasteiger partial charge is 0.481 e. The summed E-state index contributed by atoms with van der Waals surface area (Å²) in [4.78, 5) is 27.5. The molecule has 0 saturated heterocycles. The van der Waals surface area contributed by atoms with Gasteiger partial charge in [-0.15, -0.1) is 0 Å². The average molecular weight is 292 g/mol. The summed E-state index contributed by atoms with van der Waals surface area (Å²) in [6.07, 6.45) is 4.59. The van der Waals surface area contributed by atoms with E-state index in [1.54, 1.807) is 12.3 Å². The maximum atomic E-state index is 12.3. The van der Waals surface area contributed by atoms with E-state index in [2.05, 4.69) is 10.3 Å². The van der Waals surface area contributed by atoms with Crippen LogP contribution in [-0.4, -0.2) is 29.1 Å². The number of pyridine rings is 1. The molecule has 0 aliphatic heterocycles. The van der Waals surface area contributed by atoms with Crippen LogP contribution in [0, 0.1) is 11.8 Å². The quantitative estimate of drug-likeness (QED) is 0.860. The van der Waals surface area contributed by atoms with E-state index in [1.165, 1.54) is 7.11 Å². The lowest BCUT2D eigenvalue weighted by molar-refractivity contribution is -0.148. The number of carboxylic acid groups (broad SMARTS) is 1. The van der Waals surface area contributed by atoms with E-state index in [0.717, 1.165) is 18.4 Å². The summed E-state index contributed by atoms with van der Waals surface area (Å²) in [6, 6.07) is 3.59. The van der Waals surface area contributed by atoms with Gasteiger partial charge < -0.3 is 15.2 Å². The second-order valence-corrected chi connectivity index (χ2v) is 5.23. The van der Waals surface area contributed by atoms with E-state index >= 15 is 0 Å². The van der Waals surface area contributed by atoms with Crippen LogP contribution >= 0.6 is 0 Å². The van der Waals surface area contributed by atoms with Crippen LogP contribution in [0.5, 0.6) is 5.88 Å². The lowest BCUT2D eigenvalue weighted by Crippen LogP contribution is -2.39. The van der Waals surface area contributed by atoms with Crippen molar-refractivity contribution in [1.82, 2.24) is 10.3 Å². The van der Waals surface area contributed by atoms with Crippen LogP contribution in [0.4, 0.5) is 0 Å². The lowest BCUT2D eigenvalue weighted by Gasteiger charge is -2.27. The molecule has 2 N–H and O–H groups in total. The van der Waals surface area contributed by atoms with Crippen LogP contribution in [0.25, 0.3) is 0 Å². The van der Waals surface area contributed by atoms with Crippen LogP contribution in [0.2, 0.25) is 0 Å². The van der Waals surface area contributed by atoms with Gasteiger partial charge >= 0.3 is 5.97 Å².